The number of carbonyl (C=O) groups excluding carboxylic acids is 1. The molecule has 0 radical (unpaired) electrons. The van der Waals surface area contributed by atoms with E-state index in [9.17, 15) is 14.7 Å². The Morgan fingerprint density at radius 3 is 2.16 bits per heavy atom. The highest BCUT2D eigenvalue weighted by atomic mass is 16.4. The van der Waals surface area contributed by atoms with Gasteiger partial charge in [0.05, 0.1) is 0 Å². The number of aliphatic carboxylic acids is 1. The van der Waals surface area contributed by atoms with Crippen molar-refractivity contribution in [2.24, 2.45) is 0 Å². The normalized spacial score (nSPS) is 16.8. The average Bonchev–Trinajstić information content (AvgIpc) is 2.33. The van der Waals surface area contributed by atoms with E-state index < -0.39 is 11.5 Å². The molecule has 2 rings (SSSR count). The maximum atomic E-state index is 12.1. The second-order valence-electron chi connectivity index (χ2n) is 5.47. The van der Waals surface area contributed by atoms with Crippen LogP contribution in [0.15, 0.2) is 24.3 Å². The van der Waals surface area contributed by atoms with Gasteiger partial charge in [-0.3, -0.25) is 4.79 Å². The number of hydrogen-bond donors (Lipinski definition) is 2. The third-order valence-electron chi connectivity index (χ3n) is 3.81. The Bertz CT molecular complexity index is 487. The molecule has 1 aliphatic carbocycles. The van der Waals surface area contributed by atoms with Gasteiger partial charge in [-0.05, 0) is 42.9 Å². The van der Waals surface area contributed by atoms with Crippen LogP contribution in [0.1, 0.15) is 54.9 Å². The molecule has 0 bridgehead atoms. The molecule has 19 heavy (non-hydrogen) atoms. The highest BCUT2D eigenvalue weighted by Gasteiger charge is 2.45. The van der Waals surface area contributed by atoms with Gasteiger partial charge in [0.2, 0.25) is 0 Å². The van der Waals surface area contributed by atoms with Gasteiger partial charge in [0, 0.05) is 5.56 Å². The van der Waals surface area contributed by atoms with E-state index in [1.807, 2.05) is 12.1 Å². The molecule has 1 saturated carbocycles. The fraction of sp³-hybridized carbons (Fsp3) is 0.467. The molecule has 4 nitrogen and oxygen atoms in total. The first-order valence-electron chi connectivity index (χ1n) is 6.60. The van der Waals surface area contributed by atoms with Crippen LogP contribution in [-0.2, 0) is 4.79 Å². The number of rotatable bonds is 4. The van der Waals surface area contributed by atoms with Gasteiger partial charge < -0.3 is 10.4 Å². The number of benzene rings is 1. The maximum Gasteiger partial charge on any atom is 0.329 e. The number of amides is 1. The Morgan fingerprint density at radius 1 is 1.21 bits per heavy atom. The zero-order chi connectivity index (χ0) is 14.0. The van der Waals surface area contributed by atoms with Crippen molar-refractivity contribution in [1.29, 1.82) is 0 Å². The molecule has 1 aromatic rings. The summed E-state index contributed by atoms with van der Waals surface area (Å²) in [5.74, 6) is -0.836. The van der Waals surface area contributed by atoms with Crippen LogP contribution in [-0.4, -0.2) is 22.5 Å². The molecule has 0 spiro atoms. The summed E-state index contributed by atoms with van der Waals surface area (Å²) in [4.78, 5) is 23.3. The summed E-state index contributed by atoms with van der Waals surface area (Å²) in [6, 6.07) is 7.32. The van der Waals surface area contributed by atoms with Crippen LogP contribution >= 0.6 is 0 Å². The molecule has 1 aliphatic rings. The number of carboxylic acid groups (broad SMARTS) is 1. The van der Waals surface area contributed by atoms with E-state index >= 15 is 0 Å². The van der Waals surface area contributed by atoms with Crippen molar-refractivity contribution in [3.63, 3.8) is 0 Å². The molecule has 1 aromatic carbocycles. The van der Waals surface area contributed by atoms with E-state index in [2.05, 4.69) is 19.2 Å². The van der Waals surface area contributed by atoms with E-state index in [1.165, 1.54) is 0 Å². The summed E-state index contributed by atoms with van der Waals surface area (Å²) in [5.41, 5.74) is 0.624. The molecule has 2 N–H and O–H groups in total. The predicted octanol–water partition coefficient (Wildman–Crippen LogP) is 2.55. The lowest BCUT2D eigenvalue weighted by atomic mass is 9.76. The summed E-state index contributed by atoms with van der Waals surface area (Å²) in [5, 5.41) is 11.8. The average molecular weight is 261 g/mol. The number of nitrogens with one attached hydrogen (secondary N) is 1. The minimum atomic E-state index is -1.05. The first-order chi connectivity index (χ1) is 8.94. The van der Waals surface area contributed by atoms with E-state index in [-0.39, 0.29) is 5.91 Å². The lowest BCUT2D eigenvalue weighted by molar-refractivity contribution is -0.148. The molecule has 0 saturated heterocycles. The summed E-state index contributed by atoms with van der Waals surface area (Å²) in [7, 11) is 0. The first kappa shape index (κ1) is 13.6. The minimum absolute atomic E-state index is 0.308. The molecule has 1 amide bonds. The molecule has 1 fully saturated rings. The second-order valence-corrected chi connectivity index (χ2v) is 5.47. The van der Waals surface area contributed by atoms with Crippen molar-refractivity contribution in [2.75, 3.05) is 0 Å². The molecule has 4 heteroatoms. The second kappa shape index (κ2) is 5.03. The van der Waals surface area contributed by atoms with Gasteiger partial charge in [-0.25, -0.2) is 4.79 Å². The van der Waals surface area contributed by atoms with Crippen molar-refractivity contribution >= 4 is 11.9 Å². The van der Waals surface area contributed by atoms with Crippen LogP contribution < -0.4 is 5.32 Å². The van der Waals surface area contributed by atoms with Gasteiger partial charge >= 0.3 is 5.97 Å². The molecular formula is C15H19NO3. The summed E-state index contributed by atoms with van der Waals surface area (Å²) >= 11 is 0. The third kappa shape index (κ3) is 2.62. The molecule has 0 heterocycles. The van der Waals surface area contributed by atoms with Gasteiger partial charge in [-0.2, -0.15) is 0 Å². The van der Waals surface area contributed by atoms with Gasteiger partial charge in [0.1, 0.15) is 5.54 Å². The Hall–Kier alpha value is -1.84. The smallest absolute Gasteiger partial charge is 0.329 e. The van der Waals surface area contributed by atoms with Crippen LogP contribution in [0.2, 0.25) is 0 Å². The Morgan fingerprint density at radius 2 is 1.79 bits per heavy atom. The first-order valence-corrected chi connectivity index (χ1v) is 6.60. The molecule has 0 atom stereocenters. The SMILES string of the molecule is CC(C)c1ccc(C(=O)NC2(C(=O)O)CCC2)cc1. The zero-order valence-electron chi connectivity index (χ0n) is 11.3. The van der Waals surface area contributed by atoms with E-state index in [1.54, 1.807) is 12.1 Å². The lowest BCUT2D eigenvalue weighted by Gasteiger charge is -2.38. The fourth-order valence-corrected chi connectivity index (χ4v) is 2.23. The van der Waals surface area contributed by atoms with Crippen molar-refractivity contribution in [3.8, 4) is 0 Å². The molecule has 0 unspecified atom stereocenters. The van der Waals surface area contributed by atoms with Crippen molar-refractivity contribution in [1.82, 2.24) is 5.32 Å². The lowest BCUT2D eigenvalue weighted by Crippen LogP contribution is -2.59. The van der Waals surface area contributed by atoms with Gasteiger partial charge in [-0.15, -0.1) is 0 Å². The van der Waals surface area contributed by atoms with E-state index in [0.717, 1.165) is 12.0 Å². The van der Waals surface area contributed by atoms with E-state index in [4.69, 9.17) is 0 Å². The Labute approximate surface area is 112 Å². The fourth-order valence-electron chi connectivity index (χ4n) is 2.23. The van der Waals surface area contributed by atoms with E-state index in [0.29, 0.717) is 24.3 Å². The van der Waals surface area contributed by atoms with Crippen molar-refractivity contribution in [2.45, 2.75) is 44.6 Å². The number of hydrogen-bond acceptors (Lipinski definition) is 2. The topological polar surface area (TPSA) is 66.4 Å². The quantitative estimate of drug-likeness (QED) is 0.875. The van der Waals surface area contributed by atoms with Gasteiger partial charge in [0.15, 0.2) is 0 Å². The van der Waals surface area contributed by atoms with Crippen LogP contribution in [0.3, 0.4) is 0 Å². The van der Waals surface area contributed by atoms with Crippen LogP contribution in [0.5, 0.6) is 0 Å². The molecule has 0 aliphatic heterocycles. The highest BCUT2D eigenvalue weighted by molar-refractivity contribution is 5.98. The summed E-state index contributed by atoms with van der Waals surface area (Å²) < 4.78 is 0. The monoisotopic (exact) mass is 261 g/mol. The maximum absolute atomic E-state index is 12.1. The van der Waals surface area contributed by atoms with Gasteiger partial charge in [0.25, 0.3) is 5.91 Å². The predicted molar refractivity (Wildman–Crippen MR) is 72.2 cm³/mol. The highest BCUT2D eigenvalue weighted by Crippen LogP contribution is 2.32. The number of carboxylic acids is 1. The van der Waals surface area contributed by atoms with Crippen LogP contribution in [0.4, 0.5) is 0 Å². The molecular weight excluding hydrogens is 242 g/mol. The summed E-state index contributed by atoms with van der Waals surface area (Å²) in [6.45, 7) is 4.17. The van der Waals surface area contributed by atoms with Crippen LogP contribution in [0, 0.1) is 0 Å². The Kier molecular flexibility index (Phi) is 3.60. The minimum Gasteiger partial charge on any atom is -0.480 e. The third-order valence-corrected chi connectivity index (χ3v) is 3.81. The largest absolute Gasteiger partial charge is 0.480 e. The molecule has 102 valence electrons. The van der Waals surface area contributed by atoms with Gasteiger partial charge in [-0.1, -0.05) is 26.0 Å². The van der Waals surface area contributed by atoms with Crippen molar-refractivity contribution in [3.05, 3.63) is 35.4 Å². The zero-order valence-corrected chi connectivity index (χ0v) is 11.3. The molecule has 0 aromatic heterocycles. The summed E-state index contributed by atoms with van der Waals surface area (Å²) in [6.07, 6.45) is 1.87. The van der Waals surface area contributed by atoms with Crippen LogP contribution in [0.25, 0.3) is 0 Å². The Balaban J connectivity index is 2.10. The number of carbonyl (C=O) groups is 2. The van der Waals surface area contributed by atoms with Crippen molar-refractivity contribution < 1.29 is 14.7 Å². The standard InChI is InChI=1S/C15H19NO3/c1-10(2)11-4-6-12(7-5-11)13(17)16-15(14(18)19)8-3-9-15/h4-7,10H,3,8-9H2,1-2H3,(H,16,17)(H,18,19).